The van der Waals surface area contributed by atoms with Gasteiger partial charge in [-0.25, -0.2) is 4.79 Å². The minimum atomic E-state index is -0.307. The van der Waals surface area contributed by atoms with E-state index in [1.807, 2.05) is 20.3 Å². The number of esters is 1. The van der Waals surface area contributed by atoms with Crippen LogP contribution >= 0.6 is 0 Å². The molecule has 0 atom stereocenters. The lowest BCUT2D eigenvalue weighted by atomic mass is 10.2. The van der Waals surface area contributed by atoms with Gasteiger partial charge >= 0.3 is 5.97 Å². The van der Waals surface area contributed by atoms with E-state index in [0.717, 1.165) is 19.6 Å². The van der Waals surface area contributed by atoms with Crippen LogP contribution in [0.4, 0.5) is 0 Å². The van der Waals surface area contributed by atoms with Gasteiger partial charge in [0.25, 0.3) is 0 Å². The average Bonchev–Trinajstić information content (AvgIpc) is 2.20. The first-order valence-corrected chi connectivity index (χ1v) is 5.60. The molecule has 0 aliphatic carbocycles. The number of methoxy groups -OCH3 is 1. The van der Waals surface area contributed by atoms with Crippen molar-refractivity contribution in [2.24, 2.45) is 5.92 Å². The van der Waals surface area contributed by atoms with Gasteiger partial charge in [0.15, 0.2) is 0 Å². The Kier molecular flexibility index (Phi) is 7.64. The SMILES string of the molecule is COC(=O)C=CN(CCN(C)C)CC(C)C. The van der Waals surface area contributed by atoms with Crippen LogP contribution in [0.15, 0.2) is 12.3 Å². The first kappa shape index (κ1) is 15.0. The van der Waals surface area contributed by atoms with E-state index >= 15 is 0 Å². The zero-order valence-corrected chi connectivity index (χ0v) is 11.1. The number of likely N-dealkylation sites (N-methyl/N-ethyl adjacent to an activating group) is 1. The molecule has 0 fully saturated rings. The van der Waals surface area contributed by atoms with Crippen LogP contribution in [0.3, 0.4) is 0 Å². The predicted molar refractivity (Wildman–Crippen MR) is 66.1 cm³/mol. The number of carbonyl (C=O) groups is 1. The smallest absolute Gasteiger partial charge is 0.331 e. The van der Waals surface area contributed by atoms with Gasteiger partial charge in [0.05, 0.1) is 7.11 Å². The first-order chi connectivity index (χ1) is 7.45. The van der Waals surface area contributed by atoms with Gasteiger partial charge in [-0.3, -0.25) is 0 Å². The molecule has 4 heteroatoms. The third kappa shape index (κ3) is 8.29. The molecule has 0 saturated carbocycles. The molecular weight excluding hydrogens is 204 g/mol. The highest BCUT2D eigenvalue weighted by Gasteiger charge is 2.04. The zero-order chi connectivity index (χ0) is 12.6. The molecule has 0 heterocycles. The van der Waals surface area contributed by atoms with Crippen molar-refractivity contribution in [3.05, 3.63) is 12.3 Å². The van der Waals surface area contributed by atoms with Crippen molar-refractivity contribution >= 4 is 5.97 Å². The number of ether oxygens (including phenoxy) is 1. The van der Waals surface area contributed by atoms with Gasteiger partial charge in [-0.05, 0) is 20.0 Å². The van der Waals surface area contributed by atoms with Crippen LogP contribution in [-0.4, -0.2) is 56.6 Å². The van der Waals surface area contributed by atoms with E-state index in [2.05, 4.69) is 28.4 Å². The lowest BCUT2D eigenvalue weighted by molar-refractivity contribution is -0.134. The standard InChI is InChI=1S/C12H24N2O2/c1-11(2)10-14(9-8-13(3)4)7-6-12(15)16-5/h6-7,11H,8-10H2,1-5H3. The molecule has 0 aromatic rings. The Labute approximate surface area is 98.9 Å². The van der Waals surface area contributed by atoms with Gasteiger partial charge < -0.3 is 14.5 Å². The van der Waals surface area contributed by atoms with Crippen LogP contribution in [0.25, 0.3) is 0 Å². The molecule has 0 rings (SSSR count). The molecule has 0 aromatic heterocycles. The number of hydrogen-bond acceptors (Lipinski definition) is 4. The lowest BCUT2D eigenvalue weighted by Crippen LogP contribution is -2.30. The Hall–Kier alpha value is -1.03. The van der Waals surface area contributed by atoms with E-state index in [-0.39, 0.29) is 5.97 Å². The minimum Gasteiger partial charge on any atom is -0.466 e. The van der Waals surface area contributed by atoms with Crippen LogP contribution in [-0.2, 0) is 9.53 Å². The zero-order valence-electron chi connectivity index (χ0n) is 11.1. The summed E-state index contributed by atoms with van der Waals surface area (Å²) in [4.78, 5) is 15.3. The second kappa shape index (κ2) is 8.16. The highest BCUT2D eigenvalue weighted by molar-refractivity contribution is 5.81. The molecule has 0 saturated heterocycles. The largest absolute Gasteiger partial charge is 0.466 e. The van der Waals surface area contributed by atoms with E-state index < -0.39 is 0 Å². The van der Waals surface area contributed by atoms with Crippen molar-refractivity contribution in [1.82, 2.24) is 9.80 Å². The highest BCUT2D eigenvalue weighted by atomic mass is 16.5. The second-order valence-corrected chi connectivity index (χ2v) is 4.53. The van der Waals surface area contributed by atoms with Crippen molar-refractivity contribution < 1.29 is 9.53 Å². The summed E-state index contributed by atoms with van der Waals surface area (Å²) in [6, 6.07) is 0. The van der Waals surface area contributed by atoms with Gasteiger partial charge in [0.1, 0.15) is 0 Å². The Morgan fingerprint density at radius 3 is 2.38 bits per heavy atom. The third-order valence-corrected chi connectivity index (χ3v) is 2.06. The molecule has 0 radical (unpaired) electrons. The molecule has 0 spiro atoms. The summed E-state index contributed by atoms with van der Waals surface area (Å²) in [5.74, 6) is 0.267. The topological polar surface area (TPSA) is 32.8 Å². The van der Waals surface area contributed by atoms with Crippen LogP contribution in [0.2, 0.25) is 0 Å². The monoisotopic (exact) mass is 228 g/mol. The number of carbonyl (C=O) groups excluding carboxylic acids is 1. The summed E-state index contributed by atoms with van der Waals surface area (Å²) in [6.07, 6.45) is 3.29. The maximum Gasteiger partial charge on any atom is 0.331 e. The molecule has 0 amide bonds. The molecule has 94 valence electrons. The van der Waals surface area contributed by atoms with Crippen molar-refractivity contribution in [3.63, 3.8) is 0 Å². The highest BCUT2D eigenvalue weighted by Crippen LogP contribution is 2.00. The summed E-state index contributed by atoms with van der Waals surface area (Å²) in [6.45, 7) is 7.15. The van der Waals surface area contributed by atoms with Gasteiger partial charge in [-0.2, -0.15) is 0 Å². The Balaban J connectivity index is 4.19. The molecule has 0 bridgehead atoms. The van der Waals surface area contributed by atoms with E-state index in [4.69, 9.17) is 0 Å². The lowest BCUT2D eigenvalue weighted by Gasteiger charge is -2.24. The normalized spacial score (nSPS) is 11.4. The molecular formula is C12H24N2O2. The first-order valence-electron chi connectivity index (χ1n) is 5.60. The summed E-state index contributed by atoms with van der Waals surface area (Å²) in [7, 11) is 5.47. The summed E-state index contributed by atoms with van der Waals surface area (Å²) < 4.78 is 4.57. The van der Waals surface area contributed by atoms with E-state index in [0.29, 0.717) is 5.92 Å². The molecule has 4 nitrogen and oxygen atoms in total. The predicted octanol–water partition coefficient (Wildman–Crippen LogP) is 1.19. The fourth-order valence-electron chi connectivity index (χ4n) is 1.26. The number of nitrogens with zero attached hydrogens (tertiary/aromatic N) is 2. The van der Waals surface area contributed by atoms with Gasteiger partial charge in [-0.1, -0.05) is 13.8 Å². The summed E-state index contributed by atoms with van der Waals surface area (Å²) in [5, 5.41) is 0. The van der Waals surface area contributed by atoms with Crippen LogP contribution in [0.5, 0.6) is 0 Å². The Morgan fingerprint density at radius 1 is 1.31 bits per heavy atom. The van der Waals surface area contributed by atoms with Crippen LogP contribution < -0.4 is 0 Å². The van der Waals surface area contributed by atoms with E-state index in [1.54, 1.807) is 0 Å². The summed E-state index contributed by atoms with van der Waals surface area (Å²) in [5.41, 5.74) is 0. The molecule has 0 aliphatic heterocycles. The van der Waals surface area contributed by atoms with Gasteiger partial charge in [0, 0.05) is 31.9 Å². The maximum atomic E-state index is 11.0. The molecule has 0 aromatic carbocycles. The molecule has 16 heavy (non-hydrogen) atoms. The fraction of sp³-hybridized carbons (Fsp3) is 0.750. The van der Waals surface area contributed by atoms with Crippen LogP contribution in [0, 0.1) is 5.92 Å². The van der Waals surface area contributed by atoms with Crippen LogP contribution in [0.1, 0.15) is 13.8 Å². The maximum absolute atomic E-state index is 11.0. The van der Waals surface area contributed by atoms with Crippen molar-refractivity contribution in [2.45, 2.75) is 13.8 Å². The fourth-order valence-corrected chi connectivity index (χ4v) is 1.26. The van der Waals surface area contributed by atoms with Crippen molar-refractivity contribution in [1.29, 1.82) is 0 Å². The quantitative estimate of drug-likeness (QED) is 0.484. The minimum absolute atomic E-state index is 0.307. The van der Waals surface area contributed by atoms with Gasteiger partial charge in [-0.15, -0.1) is 0 Å². The van der Waals surface area contributed by atoms with E-state index in [9.17, 15) is 4.79 Å². The van der Waals surface area contributed by atoms with Crippen molar-refractivity contribution in [2.75, 3.05) is 40.8 Å². The number of rotatable bonds is 7. The van der Waals surface area contributed by atoms with Crippen molar-refractivity contribution in [3.8, 4) is 0 Å². The third-order valence-electron chi connectivity index (χ3n) is 2.06. The number of hydrogen-bond donors (Lipinski definition) is 0. The van der Waals surface area contributed by atoms with Gasteiger partial charge in [0.2, 0.25) is 0 Å². The Morgan fingerprint density at radius 2 is 1.94 bits per heavy atom. The Bertz CT molecular complexity index is 225. The molecule has 0 unspecified atom stereocenters. The molecule has 0 aliphatic rings. The molecule has 0 N–H and O–H groups in total. The second-order valence-electron chi connectivity index (χ2n) is 4.53. The average molecular weight is 228 g/mol. The van der Waals surface area contributed by atoms with E-state index in [1.165, 1.54) is 13.2 Å². The summed E-state index contributed by atoms with van der Waals surface area (Å²) >= 11 is 0.